The molecule has 1 saturated heterocycles. The number of hydrogen-bond acceptors (Lipinski definition) is 4. The molecule has 0 amide bonds. The van der Waals surface area contributed by atoms with Gasteiger partial charge in [-0.3, -0.25) is 0 Å². The molecule has 1 fully saturated rings. The Hall–Kier alpha value is -0.870. The zero-order valence-electron chi connectivity index (χ0n) is 11.6. The summed E-state index contributed by atoms with van der Waals surface area (Å²) in [6.45, 7) is 12.0. The zero-order chi connectivity index (χ0) is 13.6. The summed E-state index contributed by atoms with van der Waals surface area (Å²) in [6.07, 6.45) is 1.76. The highest BCUT2D eigenvalue weighted by atomic mass is 35.5. The SMILES string of the molecule is Cc1cnc(Cl)nc1N1CC(C)(C)OC(C)(C)C1. The Morgan fingerprint density at radius 3 is 2.33 bits per heavy atom. The molecule has 0 spiro atoms. The molecular formula is C13H20ClN3O. The van der Waals surface area contributed by atoms with Gasteiger partial charge >= 0.3 is 0 Å². The van der Waals surface area contributed by atoms with Crippen LogP contribution in [0.3, 0.4) is 0 Å². The maximum absolute atomic E-state index is 6.06. The van der Waals surface area contributed by atoms with E-state index in [0.29, 0.717) is 0 Å². The third-order valence-corrected chi connectivity index (χ3v) is 3.09. The van der Waals surface area contributed by atoms with E-state index in [1.807, 2.05) is 6.92 Å². The molecule has 2 heterocycles. The molecule has 1 aliphatic heterocycles. The summed E-state index contributed by atoms with van der Waals surface area (Å²) < 4.78 is 6.06. The van der Waals surface area contributed by atoms with Crippen molar-refractivity contribution >= 4 is 17.4 Å². The van der Waals surface area contributed by atoms with Crippen molar-refractivity contribution in [3.8, 4) is 0 Å². The van der Waals surface area contributed by atoms with Crippen LogP contribution in [0.1, 0.15) is 33.3 Å². The lowest BCUT2D eigenvalue weighted by Crippen LogP contribution is -2.57. The van der Waals surface area contributed by atoms with Crippen molar-refractivity contribution < 1.29 is 4.74 Å². The minimum Gasteiger partial charge on any atom is -0.366 e. The second-order valence-electron chi connectivity index (χ2n) is 6.12. The lowest BCUT2D eigenvalue weighted by Gasteiger charge is -2.47. The normalized spacial score (nSPS) is 22.0. The molecule has 0 aromatic carbocycles. The van der Waals surface area contributed by atoms with Crippen LogP contribution in [0.5, 0.6) is 0 Å². The second kappa shape index (κ2) is 4.35. The van der Waals surface area contributed by atoms with E-state index in [1.165, 1.54) is 0 Å². The first-order valence-electron chi connectivity index (χ1n) is 6.13. The van der Waals surface area contributed by atoms with Crippen LogP contribution in [0.25, 0.3) is 0 Å². The summed E-state index contributed by atoms with van der Waals surface area (Å²) in [5, 5.41) is 0.290. The van der Waals surface area contributed by atoms with Crippen LogP contribution < -0.4 is 4.90 Å². The van der Waals surface area contributed by atoms with Crippen molar-refractivity contribution in [2.75, 3.05) is 18.0 Å². The average molecular weight is 270 g/mol. The van der Waals surface area contributed by atoms with E-state index in [-0.39, 0.29) is 16.5 Å². The Kier molecular flexibility index (Phi) is 3.28. The largest absolute Gasteiger partial charge is 0.366 e. The third-order valence-electron chi connectivity index (χ3n) is 2.91. The predicted octanol–water partition coefficient (Wildman–Crippen LogP) is 2.83. The van der Waals surface area contributed by atoms with E-state index in [2.05, 4.69) is 42.6 Å². The molecule has 18 heavy (non-hydrogen) atoms. The summed E-state index contributed by atoms with van der Waals surface area (Å²) in [5.74, 6) is 0.902. The summed E-state index contributed by atoms with van der Waals surface area (Å²) in [4.78, 5) is 10.6. The lowest BCUT2D eigenvalue weighted by molar-refractivity contribution is -0.133. The maximum Gasteiger partial charge on any atom is 0.224 e. The van der Waals surface area contributed by atoms with Gasteiger partial charge in [0.25, 0.3) is 0 Å². The van der Waals surface area contributed by atoms with E-state index in [0.717, 1.165) is 24.5 Å². The van der Waals surface area contributed by atoms with Crippen LogP contribution in [-0.2, 0) is 4.74 Å². The van der Waals surface area contributed by atoms with Crippen molar-refractivity contribution in [2.45, 2.75) is 45.8 Å². The van der Waals surface area contributed by atoms with Gasteiger partial charge in [0.2, 0.25) is 5.28 Å². The quantitative estimate of drug-likeness (QED) is 0.735. The summed E-state index contributed by atoms with van der Waals surface area (Å²) in [5.41, 5.74) is 0.630. The van der Waals surface area contributed by atoms with Gasteiger partial charge in [-0.15, -0.1) is 0 Å². The van der Waals surface area contributed by atoms with Crippen LogP contribution in [0.4, 0.5) is 5.82 Å². The Balaban J connectivity index is 2.35. The highest BCUT2D eigenvalue weighted by Crippen LogP contribution is 2.31. The first kappa shape index (κ1) is 13.6. The van der Waals surface area contributed by atoms with Crippen molar-refractivity contribution in [1.82, 2.24) is 9.97 Å². The average Bonchev–Trinajstić information content (AvgIpc) is 2.17. The zero-order valence-corrected chi connectivity index (χ0v) is 12.4. The highest BCUT2D eigenvalue weighted by Gasteiger charge is 2.39. The first-order chi connectivity index (χ1) is 8.19. The number of morpholine rings is 1. The molecular weight excluding hydrogens is 250 g/mol. The highest BCUT2D eigenvalue weighted by molar-refractivity contribution is 6.28. The van der Waals surface area contributed by atoms with Crippen LogP contribution in [0.2, 0.25) is 5.28 Å². The van der Waals surface area contributed by atoms with E-state index in [4.69, 9.17) is 16.3 Å². The van der Waals surface area contributed by atoms with Gasteiger partial charge in [0, 0.05) is 24.8 Å². The molecule has 100 valence electrons. The minimum absolute atomic E-state index is 0.203. The molecule has 0 unspecified atom stereocenters. The Morgan fingerprint density at radius 2 is 1.78 bits per heavy atom. The number of halogens is 1. The molecule has 0 saturated carbocycles. The summed E-state index contributed by atoms with van der Waals surface area (Å²) in [7, 11) is 0. The Bertz CT molecular complexity index is 444. The minimum atomic E-state index is -0.203. The van der Waals surface area contributed by atoms with Crippen LogP contribution in [-0.4, -0.2) is 34.3 Å². The van der Waals surface area contributed by atoms with Crippen LogP contribution >= 0.6 is 11.6 Å². The number of nitrogens with zero attached hydrogens (tertiary/aromatic N) is 3. The summed E-state index contributed by atoms with van der Waals surface area (Å²) in [6, 6.07) is 0. The number of aryl methyl sites for hydroxylation is 1. The molecule has 0 bridgehead atoms. The fourth-order valence-corrected chi connectivity index (χ4v) is 2.80. The molecule has 4 nitrogen and oxygen atoms in total. The van der Waals surface area contributed by atoms with Gasteiger partial charge in [0.1, 0.15) is 5.82 Å². The van der Waals surface area contributed by atoms with E-state index < -0.39 is 0 Å². The number of ether oxygens (including phenoxy) is 1. The summed E-state index contributed by atoms with van der Waals surface area (Å²) >= 11 is 5.90. The monoisotopic (exact) mass is 269 g/mol. The molecule has 1 aromatic heterocycles. The molecule has 0 radical (unpaired) electrons. The van der Waals surface area contributed by atoms with Crippen molar-refractivity contribution in [1.29, 1.82) is 0 Å². The topological polar surface area (TPSA) is 38.2 Å². The number of hydrogen-bond donors (Lipinski definition) is 0. The molecule has 0 N–H and O–H groups in total. The molecule has 1 aromatic rings. The van der Waals surface area contributed by atoms with Crippen LogP contribution in [0, 0.1) is 6.92 Å². The second-order valence-corrected chi connectivity index (χ2v) is 6.46. The van der Waals surface area contributed by atoms with Crippen molar-refractivity contribution in [2.24, 2.45) is 0 Å². The third kappa shape index (κ3) is 2.93. The molecule has 0 atom stereocenters. The van der Waals surface area contributed by atoms with Gasteiger partial charge in [-0.2, -0.15) is 0 Å². The first-order valence-corrected chi connectivity index (χ1v) is 6.51. The number of rotatable bonds is 1. The molecule has 1 aliphatic rings. The van der Waals surface area contributed by atoms with Gasteiger partial charge in [-0.05, 0) is 46.2 Å². The van der Waals surface area contributed by atoms with Crippen LogP contribution in [0.15, 0.2) is 6.20 Å². The number of anilines is 1. The van der Waals surface area contributed by atoms with Gasteiger partial charge in [-0.1, -0.05) is 0 Å². The fourth-order valence-electron chi connectivity index (χ4n) is 2.67. The molecule has 5 heteroatoms. The van der Waals surface area contributed by atoms with Gasteiger partial charge < -0.3 is 9.64 Å². The van der Waals surface area contributed by atoms with Crippen molar-refractivity contribution in [3.63, 3.8) is 0 Å². The Morgan fingerprint density at radius 1 is 1.22 bits per heavy atom. The smallest absolute Gasteiger partial charge is 0.224 e. The Labute approximate surface area is 113 Å². The van der Waals surface area contributed by atoms with Crippen molar-refractivity contribution in [3.05, 3.63) is 17.0 Å². The van der Waals surface area contributed by atoms with E-state index >= 15 is 0 Å². The fraction of sp³-hybridized carbons (Fsp3) is 0.692. The van der Waals surface area contributed by atoms with E-state index in [9.17, 15) is 0 Å². The van der Waals surface area contributed by atoms with Gasteiger partial charge in [0.15, 0.2) is 0 Å². The standard InChI is InChI=1S/C13H20ClN3O/c1-9-6-15-11(14)16-10(9)17-7-12(2,3)18-13(4,5)8-17/h6H,7-8H2,1-5H3. The maximum atomic E-state index is 6.06. The van der Waals surface area contributed by atoms with E-state index in [1.54, 1.807) is 6.20 Å². The predicted molar refractivity (Wildman–Crippen MR) is 73.2 cm³/mol. The number of aromatic nitrogens is 2. The lowest BCUT2D eigenvalue weighted by atomic mass is 9.98. The molecule has 2 rings (SSSR count). The van der Waals surface area contributed by atoms with Gasteiger partial charge in [0.05, 0.1) is 11.2 Å². The molecule has 0 aliphatic carbocycles. The van der Waals surface area contributed by atoms with Gasteiger partial charge in [-0.25, -0.2) is 9.97 Å².